The van der Waals surface area contributed by atoms with Crippen LogP contribution >= 0.6 is 0 Å². The molecule has 0 bridgehead atoms. The Morgan fingerprint density at radius 2 is 2.07 bits per heavy atom. The number of nitrogens with one attached hydrogen (secondary N) is 1. The summed E-state index contributed by atoms with van der Waals surface area (Å²) in [6.45, 7) is 5.90. The Morgan fingerprint density at radius 1 is 1.27 bits per heavy atom. The highest BCUT2D eigenvalue weighted by atomic mass is 14.9. The van der Waals surface area contributed by atoms with E-state index in [9.17, 15) is 0 Å². The molecule has 1 aliphatic carbocycles. The molecule has 0 spiro atoms. The van der Waals surface area contributed by atoms with E-state index in [-0.39, 0.29) is 0 Å². The van der Waals surface area contributed by atoms with Gasteiger partial charge in [-0.2, -0.15) is 0 Å². The summed E-state index contributed by atoms with van der Waals surface area (Å²) in [5, 5.41) is 3.69. The quantitative estimate of drug-likeness (QED) is 0.539. The lowest BCUT2D eigenvalue weighted by molar-refractivity contribution is 0.228. The molecule has 1 rings (SSSR count). The van der Waals surface area contributed by atoms with Crippen LogP contribution in [-0.2, 0) is 0 Å². The fraction of sp³-hybridized carbons (Fsp3) is 0.857. The van der Waals surface area contributed by atoms with Gasteiger partial charge in [-0.05, 0) is 44.1 Å². The largest absolute Gasteiger partial charge is 0.314 e. The SMILES string of the molecule is C#CCCCCNC1CC(C)CCC1C. The Balaban J connectivity index is 2.11. The van der Waals surface area contributed by atoms with Crippen molar-refractivity contribution in [3.8, 4) is 12.3 Å². The molecule has 0 aromatic carbocycles. The molecule has 0 aromatic rings. The van der Waals surface area contributed by atoms with Crippen molar-refractivity contribution >= 4 is 0 Å². The summed E-state index contributed by atoms with van der Waals surface area (Å²) in [6.07, 6.45) is 12.7. The van der Waals surface area contributed by atoms with Crippen molar-refractivity contribution in [3.05, 3.63) is 0 Å². The Labute approximate surface area is 95.0 Å². The van der Waals surface area contributed by atoms with Crippen LogP contribution in [0.2, 0.25) is 0 Å². The number of hydrogen-bond donors (Lipinski definition) is 1. The molecule has 0 aromatic heterocycles. The molecule has 1 heteroatoms. The summed E-state index contributed by atoms with van der Waals surface area (Å²) in [5.41, 5.74) is 0. The molecule has 3 atom stereocenters. The van der Waals surface area contributed by atoms with Gasteiger partial charge in [0.1, 0.15) is 0 Å². The monoisotopic (exact) mass is 207 g/mol. The van der Waals surface area contributed by atoms with Crippen molar-refractivity contribution in [3.63, 3.8) is 0 Å². The molecule has 0 aliphatic heterocycles. The first-order valence-corrected chi connectivity index (χ1v) is 6.41. The van der Waals surface area contributed by atoms with Crippen molar-refractivity contribution in [2.75, 3.05) is 6.54 Å². The minimum Gasteiger partial charge on any atom is -0.314 e. The van der Waals surface area contributed by atoms with E-state index in [2.05, 4.69) is 25.1 Å². The highest BCUT2D eigenvalue weighted by molar-refractivity contribution is 4.84. The van der Waals surface area contributed by atoms with Crippen LogP contribution in [-0.4, -0.2) is 12.6 Å². The molecule has 0 amide bonds. The van der Waals surface area contributed by atoms with Crippen molar-refractivity contribution in [1.82, 2.24) is 5.32 Å². The first-order valence-electron chi connectivity index (χ1n) is 6.41. The third kappa shape index (κ3) is 4.71. The van der Waals surface area contributed by atoms with Crippen molar-refractivity contribution in [2.45, 2.75) is 58.4 Å². The summed E-state index contributed by atoms with van der Waals surface area (Å²) in [5.74, 6) is 4.46. The topological polar surface area (TPSA) is 12.0 Å². The maximum atomic E-state index is 5.22. The average molecular weight is 207 g/mol. The fourth-order valence-electron chi connectivity index (χ4n) is 2.46. The Bertz CT molecular complexity index is 204. The molecule has 0 radical (unpaired) electrons. The van der Waals surface area contributed by atoms with Crippen LogP contribution in [0, 0.1) is 24.2 Å². The summed E-state index contributed by atoms with van der Waals surface area (Å²) < 4.78 is 0. The molecule has 1 saturated carbocycles. The van der Waals surface area contributed by atoms with Gasteiger partial charge in [-0.15, -0.1) is 12.3 Å². The van der Waals surface area contributed by atoms with Gasteiger partial charge in [-0.3, -0.25) is 0 Å². The second kappa shape index (κ2) is 6.90. The number of terminal acetylenes is 1. The molecule has 1 nitrogen and oxygen atoms in total. The first-order chi connectivity index (χ1) is 7.24. The maximum absolute atomic E-state index is 5.22. The van der Waals surface area contributed by atoms with Crippen LogP contribution in [0.15, 0.2) is 0 Å². The van der Waals surface area contributed by atoms with Gasteiger partial charge in [-0.1, -0.05) is 20.3 Å². The predicted molar refractivity (Wildman–Crippen MR) is 66.7 cm³/mol. The van der Waals surface area contributed by atoms with Gasteiger partial charge >= 0.3 is 0 Å². The third-order valence-electron chi connectivity index (χ3n) is 3.61. The highest BCUT2D eigenvalue weighted by Crippen LogP contribution is 2.28. The predicted octanol–water partition coefficient (Wildman–Crippen LogP) is 3.20. The smallest absolute Gasteiger partial charge is 0.00952 e. The number of rotatable bonds is 5. The zero-order chi connectivity index (χ0) is 11.1. The van der Waals surface area contributed by atoms with Crippen LogP contribution < -0.4 is 5.32 Å². The van der Waals surface area contributed by atoms with Crippen LogP contribution in [0.5, 0.6) is 0 Å². The maximum Gasteiger partial charge on any atom is 0.00952 e. The summed E-state index contributed by atoms with van der Waals surface area (Å²) in [4.78, 5) is 0. The number of unbranched alkanes of at least 4 members (excludes halogenated alkanes) is 2. The van der Waals surface area contributed by atoms with E-state index in [0.717, 1.165) is 30.8 Å². The van der Waals surface area contributed by atoms with Gasteiger partial charge < -0.3 is 5.32 Å². The molecular weight excluding hydrogens is 182 g/mol. The van der Waals surface area contributed by atoms with Crippen molar-refractivity contribution in [2.24, 2.45) is 11.8 Å². The summed E-state index contributed by atoms with van der Waals surface area (Å²) in [7, 11) is 0. The second-order valence-electron chi connectivity index (χ2n) is 5.12. The van der Waals surface area contributed by atoms with Gasteiger partial charge in [0.25, 0.3) is 0 Å². The van der Waals surface area contributed by atoms with E-state index in [1.807, 2.05) is 0 Å². The lowest BCUT2D eigenvalue weighted by atomic mass is 9.80. The van der Waals surface area contributed by atoms with Gasteiger partial charge in [0.05, 0.1) is 0 Å². The first kappa shape index (κ1) is 12.6. The van der Waals surface area contributed by atoms with E-state index in [1.54, 1.807) is 0 Å². The molecule has 1 aliphatic rings. The average Bonchev–Trinajstić information content (AvgIpc) is 2.23. The second-order valence-corrected chi connectivity index (χ2v) is 5.12. The highest BCUT2D eigenvalue weighted by Gasteiger charge is 2.24. The molecule has 1 fully saturated rings. The standard InChI is InChI=1S/C14H25N/c1-4-5-6-7-10-15-14-11-12(2)8-9-13(14)3/h1,12-15H,5-11H2,2-3H3. The van der Waals surface area contributed by atoms with Gasteiger partial charge in [0.2, 0.25) is 0 Å². The minimum absolute atomic E-state index is 0.750. The lowest BCUT2D eigenvalue weighted by Crippen LogP contribution is -2.39. The fourth-order valence-corrected chi connectivity index (χ4v) is 2.46. The van der Waals surface area contributed by atoms with Crippen LogP contribution in [0.1, 0.15) is 52.4 Å². The number of hydrogen-bond acceptors (Lipinski definition) is 1. The molecule has 0 heterocycles. The molecular formula is C14H25N. The molecule has 3 unspecified atom stereocenters. The Kier molecular flexibility index (Phi) is 5.79. The zero-order valence-corrected chi connectivity index (χ0v) is 10.3. The minimum atomic E-state index is 0.750. The normalized spacial score (nSPS) is 31.1. The van der Waals surface area contributed by atoms with Crippen LogP contribution in [0.25, 0.3) is 0 Å². The summed E-state index contributed by atoms with van der Waals surface area (Å²) >= 11 is 0. The zero-order valence-electron chi connectivity index (χ0n) is 10.3. The van der Waals surface area contributed by atoms with Crippen LogP contribution in [0.3, 0.4) is 0 Å². The van der Waals surface area contributed by atoms with E-state index >= 15 is 0 Å². The molecule has 15 heavy (non-hydrogen) atoms. The van der Waals surface area contributed by atoms with E-state index in [1.165, 1.54) is 32.1 Å². The van der Waals surface area contributed by atoms with Gasteiger partial charge in [0, 0.05) is 12.5 Å². The molecule has 0 saturated heterocycles. The Morgan fingerprint density at radius 3 is 2.80 bits per heavy atom. The summed E-state index contributed by atoms with van der Waals surface area (Å²) in [6, 6.07) is 0.750. The van der Waals surface area contributed by atoms with E-state index in [0.29, 0.717) is 0 Å². The van der Waals surface area contributed by atoms with Crippen molar-refractivity contribution < 1.29 is 0 Å². The molecule has 86 valence electrons. The Hall–Kier alpha value is -0.480. The van der Waals surface area contributed by atoms with Gasteiger partial charge in [0.15, 0.2) is 0 Å². The van der Waals surface area contributed by atoms with Gasteiger partial charge in [-0.25, -0.2) is 0 Å². The third-order valence-corrected chi connectivity index (χ3v) is 3.61. The van der Waals surface area contributed by atoms with E-state index in [4.69, 9.17) is 6.42 Å². The lowest BCUT2D eigenvalue weighted by Gasteiger charge is -2.33. The van der Waals surface area contributed by atoms with Crippen LogP contribution in [0.4, 0.5) is 0 Å². The van der Waals surface area contributed by atoms with Crippen molar-refractivity contribution in [1.29, 1.82) is 0 Å². The van der Waals surface area contributed by atoms with E-state index < -0.39 is 0 Å². The molecule has 1 N–H and O–H groups in total.